The van der Waals surface area contributed by atoms with Gasteiger partial charge in [-0.3, -0.25) is 9.63 Å². The van der Waals surface area contributed by atoms with E-state index in [9.17, 15) is 4.79 Å². The average Bonchev–Trinajstić information content (AvgIpc) is 3.00. The van der Waals surface area contributed by atoms with Crippen LogP contribution < -0.4 is 0 Å². The lowest BCUT2D eigenvalue weighted by molar-refractivity contribution is -0.0763. The molecule has 1 aliphatic carbocycles. The predicted octanol–water partition coefficient (Wildman–Crippen LogP) is 2.22. The fourth-order valence-electron chi connectivity index (χ4n) is 1.52. The summed E-state index contributed by atoms with van der Waals surface area (Å²) in [5.74, 6) is -0.116. The summed E-state index contributed by atoms with van der Waals surface area (Å²) in [5.41, 5.74) is 0.675. The summed E-state index contributed by atoms with van der Waals surface area (Å²) >= 11 is 3.39. The first-order valence-corrected chi connectivity index (χ1v) is 5.62. The molecule has 1 fully saturated rings. The molecule has 1 amide bonds. The van der Waals surface area contributed by atoms with Crippen molar-refractivity contribution < 1.29 is 9.63 Å². The van der Waals surface area contributed by atoms with Crippen molar-refractivity contribution >= 4 is 21.8 Å². The maximum absolute atomic E-state index is 11.9. The van der Waals surface area contributed by atoms with Gasteiger partial charge in [0, 0.05) is 23.8 Å². The van der Waals surface area contributed by atoms with Crippen LogP contribution in [0.25, 0.3) is 0 Å². The zero-order valence-electron chi connectivity index (χ0n) is 8.74. The van der Waals surface area contributed by atoms with Gasteiger partial charge in [0.2, 0.25) is 0 Å². The Hall–Kier alpha value is -0.810. The van der Waals surface area contributed by atoms with Crippen LogP contribution in [0.15, 0.2) is 16.7 Å². The maximum atomic E-state index is 11.9. The van der Waals surface area contributed by atoms with Crippen LogP contribution in [0.3, 0.4) is 0 Å². The Labute approximate surface area is 96.9 Å². The maximum Gasteiger partial charge on any atom is 0.293 e. The summed E-state index contributed by atoms with van der Waals surface area (Å²) < 4.78 is 2.95. The largest absolute Gasteiger partial charge is 0.339 e. The number of rotatable bonds is 3. The monoisotopic (exact) mass is 272 g/mol. The highest BCUT2D eigenvalue weighted by atomic mass is 79.9. The number of hydrogen-bond donors (Lipinski definition) is 0. The lowest BCUT2D eigenvalue weighted by atomic mass is 10.4. The van der Waals surface area contributed by atoms with Gasteiger partial charge in [-0.15, -0.1) is 0 Å². The van der Waals surface area contributed by atoms with Crippen molar-refractivity contribution in [1.29, 1.82) is 0 Å². The van der Waals surface area contributed by atoms with Crippen LogP contribution in [0.4, 0.5) is 0 Å². The zero-order valence-corrected chi connectivity index (χ0v) is 10.3. The lowest BCUT2D eigenvalue weighted by Crippen LogP contribution is -2.27. The molecule has 0 aromatic carbocycles. The highest BCUT2D eigenvalue weighted by Gasteiger charge is 2.28. The minimum absolute atomic E-state index is 0.116. The third kappa shape index (κ3) is 2.08. The normalized spacial score (nSPS) is 15.4. The van der Waals surface area contributed by atoms with Gasteiger partial charge in [0.25, 0.3) is 5.91 Å². The molecule has 2 rings (SSSR count). The number of carbonyl (C=O) groups is 1. The summed E-state index contributed by atoms with van der Waals surface area (Å²) in [4.78, 5) is 16.8. The first-order valence-electron chi connectivity index (χ1n) is 4.83. The molecule has 5 heteroatoms. The highest BCUT2D eigenvalue weighted by molar-refractivity contribution is 9.10. The summed E-state index contributed by atoms with van der Waals surface area (Å²) in [6, 6.07) is 2.32. The first kappa shape index (κ1) is 10.7. The zero-order chi connectivity index (χ0) is 11.0. The molecule has 0 atom stereocenters. The van der Waals surface area contributed by atoms with E-state index in [1.807, 2.05) is 16.8 Å². The standard InChI is InChI=1S/C10H13BrN2O2/c1-12(15-2)10(14)9-5-7(11)6-13(9)8-3-4-8/h5-6,8H,3-4H2,1-2H3. The number of aromatic nitrogens is 1. The summed E-state index contributed by atoms with van der Waals surface area (Å²) in [5, 5.41) is 1.24. The molecule has 0 bridgehead atoms. The Balaban J connectivity index is 2.29. The second kappa shape index (κ2) is 3.98. The van der Waals surface area contributed by atoms with E-state index in [0.29, 0.717) is 11.7 Å². The van der Waals surface area contributed by atoms with Crippen LogP contribution >= 0.6 is 15.9 Å². The van der Waals surface area contributed by atoms with E-state index in [1.165, 1.54) is 12.2 Å². The Morgan fingerprint density at radius 1 is 1.67 bits per heavy atom. The number of halogens is 1. The first-order chi connectivity index (χ1) is 7.13. The minimum Gasteiger partial charge on any atom is -0.339 e. The Morgan fingerprint density at radius 2 is 2.33 bits per heavy atom. The number of carbonyl (C=O) groups excluding carboxylic acids is 1. The molecule has 1 saturated carbocycles. The molecule has 15 heavy (non-hydrogen) atoms. The second-order valence-electron chi connectivity index (χ2n) is 3.67. The van der Waals surface area contributed by atoms with E-state index in [1.54, 1.807) is 7.05 Å². The van der Waals surface area contributed by atoms with Crippen LogP contribution in [0.1, 0.15) is 29.4 Å². The van der Waals surface area contributed by atoms with Crippen molar-refractivity contribution in [3.8, 4) is 0 Å². The van der Waals surface area contributed by atoms with Crippen molar-refractivity contribution in [2.45, 2.75) is 18.9 Å². The van der Waals surface area contributed by atoms with E-state index >= 15 is 0 Å². The summed E-state index contributed by atoms with van der Waals surface area (Å²) in [6.07, 6.45) is 4.25. The van der Waals surface area contributed by atoms with Crippen LogP contribution in [-0.4, -0.2) is 29.7 Å². The minimum atomic E-state index is -0.116. The number of hydrogen-bond acceptors (Lipinski definition) is 2. The Kier molecular flexibility index (Phi) is 2.84. The fourth-order valence-corrected chi connectivity index (χ4v) is 1.95. The van der Waals surface area contributed by atoms with Crippen LogP contribution in [0.5, 0.6) is 0 Å². The lowest BCUT2D eigenvalue weighted by Gasteiger charge is -2.14. The fraction of sp³-hybridized carbons (Fsp3) is 0.500. The molecule has 0 spiro atoms. The van der Waals surface area contributed by atoms with E-state index in [4.69, 9.17) is 4.84 Å². The van der Waals surface area contributed by atoms with Gasteiger partial charge in [-0.2, -0.15) is 0 Å². The van der Waals surface area contributed by atoms with Gasteiger partial charge < -0.3 is 4.57 Å². The van der Waals surface area contributed by atoms with E-state index < -0.39 is 0 Å². The van der Waals surface area contributed by atoms with Gasteiger partial charge in [0.05, 0.1) is 7.11 Å². The van der Waals surface area contributed by atoms with Crippen molar-refractivity contribution in [3.63, 3.8) is 0 Å². The summed E-state index contributed by atoms with van der Waals surface area (Å²) in [6.45, 7) is 0. The van der Waals surface area contributed by atoms with Crippen LogP contribution in [0.2, 0.25) is 0 Å². The van der Waals surface area contributed by atoms with Crippen molar-refractivity contribution in [2.24, 2.45) is 0 Å². The number of amides is 1. The van der Waals surface area contributed by atoms with E-state index in [-0.39, 0.29) is 5.91 Å². The average molecular weight is 273 g/mol. The molecule has 0 aliphatic heterocycles. The molecule has 0 N–H and O–H groups in total. The van der Waals surface area contributed by atoms with Crippen LogP contribution in [0, 0.1) is 0 Å². The van der Waals surface area contributed by atoms with Gasteiger partial charge in [-0.05, 0) is 34.8 Å². The summed E-state index contributed by atoms with van der Waals surface area (Å²) in [7, 11) is 3.10. The molecule has 0 radical (unpaired) electrons. The molecule has 0 unspecified atom stereocenters. The van der Waals surface area contributed by atoms with Crippen molar-refractivity contribution in [3.05, 3.63) is 22.4 Å². The third-order valence-corrected chi connectivity index (χ3v) is 2.97. The molecular formula is C10H13BrN2O2. The predicted molar refractivity (Wildman–Crippen MR) is 59.5 cm³/mol. The molecule has 1 aromatic rings. The molecule has 1 aromatic heterocycles. The highest BCUT2D eigenvalue weighted by Crippen LogP contribution is 2.37. The third-order valence-electron chi connectivity index (χ3n) is 2.53. The van der Waals surface area contributed by atoms with Gasteiger partial charge in [-0.1, -0.05) is 0 Å². The van der Waals surface area contributed by atoms with Crippen molar-refractivity contribution in [2.75, 3.05) is 14.2 Å². The second-order valence-corrected chi connectivity index (χ2v) is 4.58. The number of hydroxylamine groups is 2. The van der Waals surface area contributed by atoms with E-state index in [2.05, 4.69) is 15.9 Å². The van der Waals surface area contributed by atoms with Gasteiger partial charge in [0.1, 0.15) is 5.69 Å². The SMILES string of the molecule is CON(C)C(=O)c1cc(Br)cn1C1CC1. The molecule has 1 heterocycles. The molecule has 1 aliphatic rings. The quantitative estimate of drug-likeness (QED) is 0.791. The molecule has 4 nitrogen and oxygen atoms in total. The smallest absolute Gasteiger partial charge is 0.293 e. The van der Waals surface area contributed by atoms with Gasteiger partial charge in [-0.25, -0.2) is 5.06 Å². The van der Waals surface area contributed by atoms with E-state index in [0.717, 1.165) is 17.3 Å². The molecule has 82 valence electrons. The van der Waals surface area contributed by atoms with Crippen molar-refractivity contribution in [1.82, 2.24) is 9.63 Å². The molecule has 0 saturated heterocycles. The Morgan fingerprint density at radius 3 is 2.87 bits per heavy atom. The number of nitrogens with zero attached hydrogens (tertiary/aromatic N) is 2. The molecular weight excluding hydrogens is 260 g/mol. The Bertz CT molecular complexity index is 385. The topological polar surface area (TPSA) is 34.5 Å². The van der Waals surface area contributed by atoms with Crippen LogP contribution in [-0.2, 0) is 4.84 Å². The van der Waals surface area contributed by atoms with Gasteiger partial charge >= 0.3 is 0 Å². The van der Waals surface area contributed by atoms with Gasteiger partial charge in [0.15, 0.2) is 0 Å².